The summed E-state index contributed by atoms with van der Waals surface area (Å²) in [4.78, 5) is 27.4. The molecule has 4 aliphatic heterocycles. The molecule has 0 aromatic carbocycles. The molecular weight excluding hydrogens is 406 g/mol. The summed E-state index contributed by atoms with van der Waals surface area (Å²) >= 11 is 0. The van der Waals surface area contributed by atoms with Gasteiger partial charge in [0.2, 0.25) is 5.91 Å². The summed E-state index contributed by atoms with van der Waals surface area (Å²) in [7, 11) is 0. The van der Waals surface area contributed by atoms with E-state index in [9.17, 15) is 9.59 Å². The van der Waals surface area contributed by atoms with Crippen LogP contribution in [-0.4, -0.2) is 80.4 Å². The molecule has 0 aliphatic carbocycles. The van der Waals surface area contributed by atoms with Crippen LogP contribution in [-0.2, 0) is 14.3 Å². The minimum atomic E-state index is -0.329. The van der Waals surface area contributed by atoms with Crippen molar-refractivity contribution in [1.82, 2.24) is 26.2 Å². The lowest BCUT2D eigenvalue weighted by atomic mass is 9.90. The van der Waals surface area contributed by atoms with Crippen LogP contribution in [0.1, 0.15) is 58.8 Å². The second-order valence-electron chi connectivity index (χ2n) is 10.6. The van der Waals surface area contributed by atoms with Crippen LogP contribution in [0.2, 0.25) is 0 Å². The predicted octanol–water partition coefficient (Wildman–Crippen LogP) is 0.822. The highest BCUT2D eigenvalue weighted by Crippen LogP contribution is 2.26. The van der Waals surface area contributed by atoms with Crippen molar-refractivity contribution < 1.29 is 14.3 Å². The van der Waals surface area contributed by atoms with Gasteiger partial charge in [0.05, 0.1) is 12.8 Å². The molecule has 0 radical (unpaired) electrons. The van der Waals surface area contributed by atoms with E-state index in [2.05, 4.69) is 35.1 Å². The fourth-order valence-corrected chi connectivity index (χ4v) is 5.97. The monoisotopic (exact) mass is 449 g/mol. The first-order valence-electron chi connectivity index (χ1n) is 12.9. The van der Waals surface area contributed by atoms with E-state index in [-0.39, 0.29) is 30.0 Å². The van der Waals surface area contributed by atoms with Crippen LogP contribution < -0.4 is 21.3 Å². The number of nitrogens with zero attached hydrogens (tertiary/aromatic N) is 1. The maximum atomic E-state index is 12.9. The normalized spacial score (nSPS) is 33.5. The number of ether oxygens (including phenoxy) is 1. The average Bonchev–Trinajstić information content (AvgIpc) is 3.46. The van der Waals surface area contributed by atoms with Gasteiger partial charge in [-0.2, -0.15) is 0 Å². The molecule has 0 aromatic heterocycles. The van der Waals surface area contributed by atoms with Gasteiger partial charge in [-0.1, -0.05) is 26.7 Å². The minimum absolute atomic E-state index is 0.0129. The van der Waals surface area contributed by atoms with Crippen LogP contribution >= 0.6 is 0 Å². The van der Waals surface area contributed by atoms with Crippen LogP contribution in [0, 0.1) is 17.8 Å². The zero-order chi connectivity index (χ0) is 22.5. The highest BCUT2D eigenvalue weighted by molar-refractivity contribution is 5.82. The van der Waals surface area contributed by atoms with Crippen molar-refractivity contribution in [3.05, 3.63) is 0 Å². The zero-order valence-corrected chi connectivity index (χ0v) is 19.9. The Labute approximate surface area is 193 Å². The van der Waals surface area contributed by atoms with Gasteiger partial charge in [-0.05, 0) is 62.9 Å². The number of hydrogen-bond donors (Lipinski definition) is 4. The average molecular weight is 450 g/mol. The first-order chi connectivity index (χ1) is 15.5. The van der Waals surface area contributed by atoms with Gasteiger partial charge < -0.3 is 25.6 Å². The number of rotatable bonds is 8. The number of carbonyl (C=O) groups excluding carboxylic acids is 2. The predicted molar refractivity (Wildman–Crippen MR) is 124 cm³/mol. The summed E-state index contributed by atoms with van der Waals surface area (Å²) in [5, 5.41) is 13.4. The third kappa shape index (κ3) is 5.82. The molecule has 0 saturated carbocycles. The quantitative estimate of drug-likeness (QED) is 0.410. The second kappa shape index (κ2) is 11.3. The smallest absolute Gasteiger partial charge is 0.253 e. The number of fused-ring (bicyclic) bond motifs is 1. The molecule has 4 rings (SSSR count). The topological polar surface area (TPSA) is 94.7 Å². The highest BCUT2D eigenvalue weighted by Gasteiger charge is 2.39. The van der Waals surface area contributed by atoms with Crippen LogP contribution in [0.25, 0.3) is 0 Å². The maximum absolute atomic E-state index is 12.9. The van der Waals surface area contributed by atoms with E-state index >= 15 is 0 Å². The molecule has 5 unspecified atom stereocenters. The molecule has 4 aliphatic rings. The van der Waals surface area contributed by atoms with Gasteiger partial charge >= 0.3 is 0 Å². The number of likely N-dealkylation sites (tertiary alicyclic amines) is 1. The molecule has 32 heavy (non-hydrogen) atoms. The molecule has 2 amide bonds. The molecule has 8 nitrogen and oxygen atoms in total. The van der Waals surface area contributed by atoms with Crippen molar-refractivity contribution in [2.24, 2.45) is 17.8 Å². The molecule has 0 bridgehead atoms. The van der Waals surface area contributed by atoms with Gasteiger partial charge in [-0.15, -0.1) is 0 Å². The Morgan fingerprint density at radius 1 is 1.16 bits per heavy atom. The van der Waals surface area contributed by atoms with Gasteiger partial charge in [-0.3, -0.25) is 14.9 Å². The van der Waals surface area contributed by atoms with Crippen molar-refractivity contribution in [2.45, 2.75) is 83.0 Å². The molecule has 4 saturated heterocycles. The fourth-order valence-electron chi connectivity index (χ4n) is 5.97. The fraction of sp³-hybridized carbons (Fsp3) is 0.917. The molecule has 5 atom stereocenters. The van der Waals surface area contributed by atoms with E-state index in [0.29, 0.717) is 30.5 Å². The van der Waals surface area contributed by atoms with Gasteiger partial charge in [0.1, 0.15) is 0 Å². The zero-order valence-electron chi connectivity index (χ0n) is 19.9. The Hall–Kier alpha value is -1.22. The molecule has 4 N–H and O–H groups in total. The SMILES string of the molecule is CC(C)C1NCOC1C(=O)N1CCC(CCCCNC(=O)C2CC3CNCCC3N2)CC1. The molecule has 4 fully saturated rings. The minimum Gasteiger partial charge on any atom is -0.355 e. The summed E-state index contributed by atoms with van der Waals surface area (Å²) in [5.74, 6) is 2.01. The first-order valence-corrected chi connectivity index (χ1v) is 12.9. The maximum Gasteiger partial charge on any atom is 0.253 e. The molecule has 0 aromatic rings. The summed E-state index contributed by atoms with van der Waals surface area (Å²) in [6, 6.07) is 0.620. The molecule has 8 heteroatoms. The van der Waals surface area contributed by atoms with E-state index < -0.39 is 0 Å². The van der Waals surface area contributed by atoms with Gasteiger partial charge in [0.15, 0.2) is 6.10 Å². The number of piperidine rings is 2. The van der Waals surface area contributed by atoms with Crippen LogP contribution in [0.3, 0.4) is 0 Å². The van der Waals surface area contributed by atoms with Crippen LogP contribution in [0.15, 0.2) is 0 Å². The molecule has 4 heterocycles. The van der Waals surface area contributed by atoms with Crippen LogP contribution in [0.5, 0.6) is 0 Å². The number of nitrogens with one attached hydrogen (secondary N) is 4. The third-order valence-electron chi connectivity index (χ3n) is 8.01. The van der Waals surface area contributed by atoms with Crippen LogP contribution in [0.4, 0.5) is 0 Å². The van der Waals surface area contributed by atoms with Gasteiger partial charge in [-0.25, -0.2) is 0 Å². The summed E-state index contributed by atoms with van der Waals surface area (Å²) in [6.07, 6.45) is 7.26. The largest absolute Gasteiger partial charge is 0.355 e. The Morgan fingerprint density at radius 3 is 2.72 bits per heavy atom. The Morgan fingerprint density at radius 2 is 1.97 bits per heavy atom. The number of hydrogen-bond acceptors (Lipinski definition) is 6. The van der Waals surface area contributed by atoms with E-state index in [4.69, 9.17) is 4.74 Å². The lowest BCUT2D eigenvalue weighted by Crippen LogP contribution is -2.49. The number of unbranched alkanes of at least 4 members (excludes halogenated alkanes) is 1. The van der Waals surface area contributed by atoms with E-state index in [1.54, 1.807) is 0 Å². The van der Waals surface area contributed by atoms with Crippen molar-refractivity contribution >= 4 is 11.8 Å². The summed E-state index contributed by atoms with van der Waals surface area (Å²) in [6.45, 7) is 9.29. The highest BCUT2D eigenvalue weighted by atomic mass is 16.5. The van der Waals surface area contributed by atoms with E-state index in [0.717, 1.165) is 71.2 Å². The first kappa shape index (κ1) is 23.9. The number of carbonyl (C=O) groups is 2. The van der Waals surface area contributed by atoms with Gasteiger partial charge in [0, 0.05) is 31.7 Å². The number of amides is 2. The van der Waals surface area contributed by atoms with Crippen molar-refractivity contribution in [3.63, 3.8) is 0 Å². The Balaban J connectivity index is 1.07. The third-order valence-corrected chi connectivity index (χ3v) is 8.01. The van der Waals surface area contributed by atoms with E-state index in [1.807, 2.05) is 4.90 Å². The Bertz CT molecular complexity index is 623. The van der Waals surface area contributed by atoms with Gasteiger partial charge in [0.25, 0.3) is 5.91 Å². The lowest BCUT2D eigenvalue weighted by molar-refractivity contribution is -0.143. The van der Waals surface area contributed by atoms with Crippen molar-refractivity contribution in [2.75, 3.05) is 39.5 Å². The second-order valence-corrected chi connectivity index (χ2v) is 10.6. The molecule has 0 spiro atoms. The van der Waals surface area contributed by atoms with Crippen molar-refractivity contribution in [3.8, 4) is 0 Å². The van der Waals surface area contributed by atoms with E-state index in [1.165, 1.54) is 6.42 Å². The van der Waals surface area contributed by atoms with Crippen molar-refractivity contribution in [1.29, 1.82) is 0 Å². The standard InChI is InChI=1S/C24H43N5O3/c1-16(2)21-22(32-15-27-21)24(31)29-11-7-17(8-12-29)5-3-4-9-26-23(30)20-13-18-14-25-10-6-19(18)28-20/h16-22,25,27-28H,3-15H2,1-2H3,(H,26,30). The Kier molecular flexibility index (Phi) is 8.43. The summed E-state index contributed by atoms with van der Waals surface area (Å²) in [5.41, 5.74) is 0. The molecule has 182 valence electrons. The summed E-state index contributed by atoms with van der Waals surface area (Å²) < 4.78 is 5.70. The molecular formula is C24H43N5O3. The lowest BCUT2D eigenvalue weighted by Gasteiger charge is -2.34.